The number of nitrogens with one attached hydrogen (secondary N) is 1. The monoisotopic (exact) mass is 1320 g/mol. The van der Waals surface area contributed by atoms with Crippen LogP contribution in [-0.4, -0.2) is 140 Å². The van der Waals surface area contributed by atoms with E-state index in [-0.39, 0.29) is 18.9 Å². The third kappa shape index (κ3) is 47.0. The molecule has 0 saturated carbocycles. The molecule has 0 bridgehead atoms. The molecule has 0 radical (unpaired) electrons. The smallest absolute Gasteiger partial charge is 0.220 e. The summed E-state index contributed by atoms with van der Waals surface area (Å²) in [7, 11) is 0. The highest BCUT2D eigenvalue weighted by Gasteiger charge is 2.51. The van der Waals surface area contributed by atoms with Gasteiger partial charge in [-0.15, -0.1) is 0 Å². The first-order valence-corrected chi connectivity index (χ1v) is 39.7. The summed E-state index contributed by atoms with van der Waals surface area (Å²) in [6.45, 7) is 2.84. The first kappa shape index (κ1) is 87.3. The fourth-order valence-corrected chi connectivity index (χ4v) is 13.3. The molecule has 0 aromatic carbocycles. The molecule has 14 nitrogen and oxygen atoms in total. The van der Waals surface area contributed by atoms with Gasteiger partial charge in [0.15, 0.2) is 12.6 Å². The Balaban J connectivity index is 1.65. The molecule has 2 aliphatic heterocycles. The van der Waals surface area contributed by atoms with Crippen LogP contribution in [0.15, 0.2) is 36.5 Å². The molecule has 0 spiro atoms. The molecule has 2 fully saturated rings. The van der Waals surface area contributed by atoms with Gasteiger partial charge in [0.05, 0.1) is 32.0 Å². The number of aliphatic hydroxyl groups excluding tert-OH is 8. The molecule has 2 rings (SSSR count). The van der Waals surface area contributed by atoms with E-state index >= 15 is 0 Å². The minimum atomic E-state index is -1.79. The van der Waals surface area contributed by atoms with Crippen LogP contribution in [-0.2, 0) is 23.7 Å². The summed E-state index contributed by atoms with van der Waals surface area (Å²) in [6.07, 6.45) is 66.7. The third-order valence-corrected chi connectivity index (χ3v) is 19.6. The number of unbranched alkanes of at least 4 members (excludes halogenated alkanes) is 50. The SMILES string of the molecule is CCCCCCCCCCCCCCCCCCCCCCCC/C=C/CC/C=C/CC/C=C/C(O)C(COC1OC(CO)C(OC2OC(CO)C(O)C(O)C2O)C(O)C1O)NC(=O)CCCCCCCCCCCCCCCCCCCCCCCCCCCCC. The molecule has 14 heteroatoms. The molecule has 2 saturated heterocycles. The summed E-state index contributed by atoms with van der Waals surface area (Å²) < 4.78 is 22.9. The van der Waals surface area contributed by atoms with Gasteiger partial charge in [0.2, 0.25) is 5.91 Å². The van der Waals surface area contributed by atoms with Crippen molar-refractivity contribution in [3.05, 3.63) is 36.5 Å². The van der Waals surface area contributed by atoms with E-state index in [1.54, 1.807) is 6.08 Å². The Labute approximate surface area is 570 Å². The number of carbonyl (C=O) groups is 1. The Hall–Kier alpha value is -1.79. The van der Waals surface area contributed by atoms with Crippen molar-refractivity contribution in [2.24, 2.45) is 0 Å². The second-order valence-corrected chi connectivity index (χ2v) is 28.2. The molecule has 93 heavy (non-hydrogen) atoms. The Morgan fingerprint density at radius 2 is 0.688 bits per heavy atom. The lowest BCUT2D eigenvalue weighted by Crippen LogP contribution is -2.65. The fraction of sp³-hybridized carbons (Fsp3) is 0.911. The number of hydrogen-bond acceptors (Lipinski definition) is 13. The highest BCUT2D eigenvalue weighted by atomic mass is 16.7. The first-order chi connectivity index (χ1) is 45.6. The highest BCUT2D eigenvalue weighted by molar-refractivity contribution is 5.76. The van der Waals surface area contributed by atoms with Crippen molar-refractivity contribution in [3.8, 4) is 0 Å². The van der Waals surface area contributed by atoms with Gasteiger partial charge in [-0.1, -0.05) is 352 Å². The highest BCUT2D eigenvalue weighted by Crippen LogP contribution is 2.30. The van der Waals surface area contributed by atoms with Crippen molar-refractivity contribution in [2.75, 3.05) is 19.8 Å². The Kier molecular flexibility index (Phi) is 59.7. The maximum Gasteiger partial charge on any atom is 0.220 e. The lowest BCUT2D eigenvalue weighted by atomic mass is 9.97. The summed E-state index contributed by atoms with van der Waals surface area (Å²) in [6, 6.07) is -0.938. The molecule has 548 valence electrons. The fourth-order valence-electron chi connectivity index (χ4n) is 13.3. The maximum atomic E-state index is 13.4. The lowest BCUT2D eigenvalue weighted by molar-refractivity contribution is -0.359. The molecule has 12 unspecified atom stereocenters. The van der Waals surface area contributed by atoms with Crippen LogP contribution in [0.3, 0.4) is 0 Å². The van der Waals surface area contributed by atoms with Gasteiger partial charge >= 0.3 is 0 Å². The van der Waals surface area contributed by atoms with Crippen molar-refractivity contribution in [1.29, 1.82) is 0 Å². The Bertz CT molecular complexity index is 1700. The van der Waals surface area contributed by atoms with E-state index in [0.29, 0.717) is 12.8 Å². The van der Waals surface area contributed by atoms with Gasteiger partial charge in [-0.05, 0) is 44.9 Å². The third-order valence-electron chi connectivity index (χ3n) is 19.6. The summed E-state index contributed by atoms with van der Waals surface area (Å²) in [5, 5.41) is 87.6. The molecule has 0 aromatic rings. The largest absolute Gasteiger partial charge is 0.394 e. The van der Waals surface area contributed by atoms with E-state index in [0.717, 1.165) is 44.9 Å². The van der Waals surface area contributed by atoms with E-state index in [1.165, 1.54) is 289 Å². The van der Waals surface area contributed by atoms with E-state index in [4.69, 9.17) is 18.9 Å². The molecule has 2 heterocycles. The first-order valence-electron chi connectivity index (χ1n) is 39.7. The Morgan fingerprint density at radius 3 is 1.05 bits per heavy atom. The van der Waals surface area contributed by atoms with Crippen LogP contribution < -0.4 is 5.32 Å². The van der Waals surface area contributed by atoms with Crippen molar-refractivity contribution in [3.63, 3.8) is 0 Å². The predicted molar refractivity (Wildman–Crippen MR) is 383 cm³/mol. The number of allylic oxidation sites excluding steroid dienone is 5. The molecule has 12 atom stereocenters. The standard InChI is InChI=1S/C79H149NO13/c1-3-5-7-9-11-13-15-17-19-21-23-25-27-29-31-32-33-34-35-37-38-40-42-44-46-48-50-52-54-56-58-60-62-68(83)67(66-90-78-76(89)74(87)77(70(65-82)92-78)93-79-75(88)73(86)72(85)69(64-81)91-79)80-71(84)63-61-59-57-55-53-51-49-47-45-43-41-39-36-30-28-26-24-22-20-18-16-14-12-10-8-6-4-2/h44,46,52,54,60,62,67-70,72-79,81-83,85-89H,3-43,45,47-51,53,55-59,61,63-66H2,1-2H3,(H,80,84)/b46-44+,54-52+,62-60+. The number of amides is 1. The number of aliphatic hydroxyl groups is 8. The maximum absolute atomic E-state index is 13.4. The van der Waals surface area contributed by atoms with Crippen LogP contribution >= 0.6 is 0 Å². The number of carbonyl (C=O) groups excluding carboxylic acids is 1. The molecule has 9 N–H and O–H groups in total. The quantitative estimate of drug-likeness (QED) is 0.0204. The predicted octanol–water partition coefficient (Wildman–Crippen LogP) is 17.6. The zero-order valence-electron chi connectivity index (χ0n) is 60.0. The minimum Gasteiger partial charge on any atom is -0.394 e. The summed E-state index contributed by atoms with van der Waals surface area (Å²) in [4.78, 5) is 13.4. The van der Waals surface area contributed by atoms with Gasteiger partial charge in [0.25, 0.3) is 0 Å². The summed E-state index contributed by atoms with van der Waals surface area (Å²) in [5.41, 5.74) is 0. The molecular formula is C79H149NO13. The molecular weight excluding hydrogens is 1170 g/mol. The average Bonchev–Trinajstić information content (AvgIpc) is 0.854. The van der Waals surface area contributed by atoms with Gasteiger partial charge in [-0.3, -0.25) is 4.79 Å². The zero-order chi connectivity index (χ0) is 67.3. The van der Waals surface area contributed by atoms with Crippen molar-refractivity contribution < 1.29 is 64.6 Å². The second kappa shape index (κ2) is 63.6. The van der Waals surface area contributed by atoms with E-state index in [2.05, 4.69) is 43.5 Å². The second-order valence-electron chi connectivity index (χ2n) is 28.2. The van der Waals surface area contributed by atoms with Crippen LogP contribution in [0.4, 0.5) is 0 Å². The summed E-state index contributed by atoms with van der Waals surface area (Å²) in [5.74, 6) is -0.245. The number of hydrogen-bond donors (Lipinski definition) is 9. The van der Waals surface area contributed by atoms with E-state index in [9.17, 15) is 45.6 Å². The van der Waals surface area contributed by atoms with Crippen LogP contribution in [0, 0.1) is 0 Å². The topological polar surface area (TPSA) is 228 Å². The average molecular weight is 1320 g/mol. The number of rotatable bonds is 67. The van der Waals surface area contributed by atoms with Crippen LogP contribution in [0.25, 0.3) is 0 Å². The zero-order valence-corrected chi connectivity index (χ0v) is 60.0. The van der Waals surface area contributed by atoms with Crippen molar-refractivity contribution >= 4 is 5.91 Å². The van der Waals surface area contributed by atoms with Gasteiger partial charge < -0.3 is 65.1 Å². The van der Waals surface area contributed by atoms with Crippen LogP contribution in [0.2, 0.25) is 0 Å². The van der Waals surface area contributed by atoms with Gasteiger partial charge in [-0.2, -0.15) is 0 Å². The molecule has 0 aromatic heterocycles. The van der Waals surface area contributed by atoms with Crippen molar-refractivity contribution in [1.82, 2.24) is 5.32 Å². The van der Waals surface area contributed by atoms with Crippen molar-refractivity contribution in [2.45, 2.75) is 441 Å². The lowest BCUT2D eigenvalue weighted by Gasteiger charge is -2.46. The summed E-state index contributed by atoms with van der Waals surface area (Å²) >= 11 is 0. The van der Waals surface area contributed by atoms with Crippen LogP contribution in [0.1, 0.15) is 367 Å². The van der Waals surface area contributed by atoms with Gasteiger partial charge in [0.1, 0.15) is 48.8 Å². The van der Waals surface area contributed by atoms with Gasteiger partial charge in [0, 0.05) is 6.42 Å². The van der Waals surface area contributed by atoms with Gasteiger partial charge in [-0.25, -0.2) is 0 Å². The molecule has 1 amide bonds. The Morgan fingerprint density at radius 1 is 0.376 bits per heavy atom. The van der Waals surface area contributed by atoms with E-state index < -0.39 is 86.8 Å². The number of ether oxygens (including phenoxy) is 4. The molecule has 0 aliphatic carbocycles. The van der Waals surface area contributed by atoms with E-state index in [1.807, 2.05) is 6.08 Å². The minimum absolute atomic E-state index is 0.245. The normalized spacial score (nSPS) is 22.7. The molecule has 2 aliphatic rings. The van der Waals surface area contributed by atoms with Crippen LogP contribution in [0.5, 0.6) is 0 Å².